The number of ether oxygens (including phenoxy) is 2. The lowest BCUT2D eigenvalue weighted by Gasteiger charge is -2.31. The Balaban J connectivity index is 1.41. The summed E-state index contributed by atoms with van der Waals surface area (Å²) in [5, 5.41) is 2.74. The molecule has 3 rings (SSSR count). The second kappa shape index (κ2) is 9.12. The van der Waals surface area contributed by atoms with Crippen LogP contribution in [0.25, 0.3) is 0 Å². The molecular formula is C20H24N2O5. The van der Waals surface area contributed by atoms with Gasteiger partial charge in [-0.15, -0.1) is 0 Å². The van der Waals surface area contributed by atoms with Crippen LogP contribution in [0.2, 0.25) is 0 Å². The molecular weight excluding hydrogens is 348 g/mol. The number of hydrogen-bond acceptors (Lipinski definition) is 5. The largest absolute Gasteiger partial charge is 0.486 e. The molecule has 0 saturated carbocycles. The number of likely N-dealkylation sites (N-methyl/N-ethyl adjacent to an activating group) is 1. The van der Waals surface area contributed by atoms with Gasteiger partial charge in [0.2, 0.25) is 5.91 Å². The van der Waals surface area contributed by atoms with E-state index in [2.05, 4.69) is 5.32 Å². The van der Waals surface area contributed by atoms with Gasteiger partial charge in [-0.2, -0.15) is 0 Å². The van der Waals surface area contributed by atoms with Gasteiger partial charge in [0.05, 0.1) is 12.8 Å². The highest BCUT2D eigenvalue weighted by atomic mass is 16.6. The van der Waals surface area contributed by atoms with Crippen molar-refractivity contribution in [1.29, 1.82) is 0 Å². The van der Waals surface area contributed by atoms with Crippen LogP contribution in [0.15, 0.2) is 47.1 Å². The van der Waals surface area contributed by atoms with E-state index in [1.807, 2.05) is 31.2 Å². The van der Waals surface area contributed by atoms with E-state index in [1.54, 1.807) is 17.0 Å². The maximum atomic E-state index is 12.5. The van der Waals surface area contributed by atoms with Gasteiger partial charge < -0.3 is 24.1 Å². The van der Waals surface area contributed by atoms with Crippen LogP contribution in [-0.2, 0) is 4.79 Å². The van der Waals surface area contributed by atoms with E-state index in [-0.39, 0.29) is 23.7 Å². The minimum Gasteiger partial charge on any atom is -0.486 e. The molecule has 1 aromatic carbocycles. The maximum absolute atomic E-state index is 12.5. The van der Waals surface area contributed by atoms with Crippen molar-refractivity contribution in [2.24, 2.45) is 0 Å². The Labute approximate surface area is 158 Å². The first kappa shape index (κ1) is 18.8. The molecule has 0 radical (unpaired) electrons. The molecule has 2 aromatic rings. The number of fused-ring (bicyclic) bond motifs is 1. The van der Waals surface area contributed by atoms with Crippen LogP contribution >= 0.6 is 0 Å². The first-order valence-electron chi connectivity index (χ1n) is 9.15. The van der Waals surface area contributed by atoms with Crippen LogP contribution in [0.1, 0.15) is 30.3 Å². The smallest absolute Gasteiger partial charge is 0.286 e. The van der Waals surface area contributed by atoms with Crippen molar-refractivity contribution >= 4 is 11.8 Å². The Hall–Kier alpha value is -2.96. The molecule has 7 heteroatoms. The van der Waals surface area contributed by atoms with Crippen molar-refractivity contribution in [3.8, 4) is 11.5 Å². The average Bonchev–Trinajstić information content (AvgIpc) is 3.24. The molecule has 0 fully saturated rings. The lowest BCUT2D eigenvalue weighted by atomic mass is 10.2. The molecule has 2 amide bonds. The van der Waals surface area contributed by atoms with E-state index in [1.165, 1.54) is 6.26 Å². The number of nitrogens with zero attached hydrogens (tertiary/aromatic N) is 1. The third-order valence-corrected chi connectivity index (χ3v) is 4.32. The monoisotopic (exact) mass is 372 g/mol. The van der Waals surface area contributed by atoms with Gasteiger partial charge >= 0.3 is 0 Å². The molecule has 1 aliphatic rings. The highest BCUT2D eigenvalue weighted by Gasteiger charge is 2.24. The Morgan fingerprint density at radius 3 is 2.74 bits per heavy atom. The van der Waals surface area contributed by atoms with Crippen molar-refractivity contribution in [2.75, 3.05) is 26.2 Å². The SMILES string of the molecule is CCN(CC1COc2ccccc2O1)C(=O)CCCNC(=O)c1ccco1. The number of carbonyl (C=O) groups is 2. The summed E-state index contributed by atoms with van der Waals surface area (Å²) in [6.07, 6.45) is 2.18. The molecule has 1 atom stereocenters. The van der Waals surface area contributed by atoms with Crippen molar-refractivity contribution < 1.29 is 23.5 Å². The summed E-state index contributed by atoms with van der Waals surface area (Å²) < 4.78 is 16.7. The summed E-state index contributed by atoms with van der Waals surface area (Å²) in [4.78, 5) is 26.0. The minimum atomic E-state index is -0.272. The van der Waals surface area contributed by atoms with Gasteiger partial charge in [0.25, 0.3) is 5.91 Å². The Kier molecular flexibility index (Phi) is 6.35. The third-order valence-electron chi connectivity index (χ3n) is 4.32. The second-order valence-corrected chi connectivity index (χ2v) is 6.27. The second-order valence-electron chi connectivity index (χ2n) is 6.27. The lowest BCUT2D eigenvalue weighted by molar-refractivity contribution is -0.132. The fourth-order valence-corrected chi connectivity index (χ4v) is 2.90. The topological polar surface area (TPSA) is 81.0 Å². The summed E-state index contributed by atoms with van der Waals surface area (Å²) in [7, 11) is 0. The molecule has 0 aliphatic carbocycles. The van der Waals surface area contributed by atoms with Gasteiger partial charge in [-0.1, -0.05) is 12.1 Å². The number of hydrogen-bond donors (Lipinski definition) is 1. The van der Waals surface area contributed by atoms with Crippen LogP contribution in [0.3, 0.4) is 0 Å². The van der Waals surface area contributed by atoms with Crippen molar-refractivity contribution in [1.82, 2.24) is 10.2 Å². The quantitative estimate of drug-likeness (QED) is 0.720. The highest BCUT2D eigenvalue weighted by molar-refractivity contribution is 5.91. The molecule has 0 spiro atoms. The summed E-state index contributed by atoms with van der Waals surface area (Å²) in [6, 6.07) is 10.8. The average molecular weight is 372 g/mol. The maximum Gasteiger partial charge on any atom is 0.286 e. The molecule has 144 valence electrons. The van der Waals surface area contributed by atoms with Crippen LogP contribution in [0.4, 0.5) is 0 Å². The summed E-state index contributed by atoms with van der Waals surface area (Å²) in [5.41, 5.74) is 0. The van der Waals surface area contributed by atoms with Crippen molar-refractivity contribution in [2.45, 2.75) is 25.9 Å². The number of amides is 2. The van der Waals surface area contributed by atoms with Crippen LogP contribution < -0.4 is 14.8 Å². The molecule has 1 unspecified atom stereocenters. The van der Waals surface area contributed by atoms with Crippen LogP contribution in [0, 0.1) is 0 Å². The van der Waals surface area contributed by atoms with E-state index >= 15 is 0 Å². The Bertz CT molecular complexity index is 759. The van der Waals surface area contributed by atoms with Crippen molar-refractivity contribution in [3.63, 3.8) is 0 Å². The zero-order valence-corrected chi connectivity index (χ0v) is 15.3. The number of para-hydroxylation sites is 2. The normalized spacial score (nSPS) is 15.2. The molecule has 7 nitrogen and oxygen atoms in total. The number of rotatable bonds is 8. The predicted octanol–water partition coefficient (Wildman–Crippen LogP) is 2.48. The highest BCUT2D eigenvalue weighted by Crippen LogP contribution is 2.31. The Morgan fingerprint density at radius 1 is 1.19 bits per heavy atom. The van der Waals surface area contributed by atoms with Gasteiger partial charge in [-0.3, -0.25) is 9.59 Å². The van der Waals surface area contributed by atoms with Crippen LogP contribution in [-0.4, -0.2) is 49.1 Å². The van der Waals surface area contributed by atoms with Crippen molar-refractivity contribution in [3.05, 3.63) is 48.4 Å². The fourth-order valence-electron chi connectivity index (χ4n) is 2.90. The number of benzene rings is 1. The minimum absolute atomic E-state index is 0.0345. The lowest BCUT2D eigenvalue weighted by Crippen LogP contribution is -2.43. The van der Waals surface area contributed by atoms with E-state index in [4.69, 9.17) is 13.9 Å². The van der Waals surface area contributed by atoms with E-state index in [0.717, 1.165) is 5.75 Å². The molecule has 1 aromatic heterocycles. The van der Waals surface area contributed by atoms with Gasteiger partial charge in [0.15, 0.2) is 23.4 Å². The van der Waals surface area contributed by atoms with E-state index in [0.29, 0.717) is 44.8 Å². The molecule has 1 aliphatic heterocycles. The number of carbonyl (C=O) groups excluding carboxylic acids is 2. The fraction of sp³-hybridized carbons (Fsp3) is 0.400. The summed E-state index contributed by atoms with van der Waals surface area (Å²) >= 11 is 0. The summed E-state index contributed by atoms with van der Waals surface area (Å²) in [5.74, 6) is 1.47. The van der Waals surface area contributed by atoms with Gasteiger partial charge in [0, 0.05) is 19.5 Å². The molecule has 0 bridgehead atoms. The molecule has 27 heavy (non-hydrogen) atoms. The van der Waals surface area contributed by atoms with E-state index < -0.39 is 0 Å². The molecule has 0 saturated heterocycles. The first-order chi connectivity index (χ1) is 13.2. The summed E-state index contributed by atoms with van der Waals surface area (Å²) in [6.45, 7) is 3.84. The van der Waals surface area contributed by atoms with Gasteiger partial charge in [0.1, 0.15) is 6.61 Å². The zero-order valence-electron chi connectivity index (χ0n) is 15.3. The van der Waals surface area contributed by atoms with Gasteiger partial charge in [-0.25, -0.2) is 0 Å². The molecule has 1 N–H and O–H groups in total. The first-order valence-corrected chi connectivity index (χ1v) is 9.15. The van der Waals surface area contributed by atoms with Gasteiger partial charge in [-0.05, 0) is 37.6 Å². The standard InChI is InChI=1S/C20H24N2O5/c1-2-22(13-15-14-26-16-7-3-4-8-17(16)27-15)19(23)10-5-11-21-20(24)18-9-6-12-25-18/h3-4,6-9,12,15H,2,5,10-11,13-14H2,1H3,(H,21,24). The number of furan rings is 1. The zero-order chi connectivity index (χ0) is 19.1. The Morgan fingerprint density at radius 2 is 2.00 bits per heavy atom. The third kappa shape index (κ3) is 5.03. The van der Waals surface area contributed by atoms with E-state index in [9.17, 15) is 9.59 Å². The predicted molar refractivity (Wildman–Crippen MR) is 98.9 cm³/mol. The van der Waals surface area contributed by atoms with Crippen LogP contribution in [0.5, 0.6) is 11.5 Å². The number of nitrogens with one attached hydrogen (secondary N) is 1. The molecule has 2 heterocycles.